The third kappa shape index (κ3) is 2.17. The summed E-state index contributed by atoms with van der Waals surface area (Å²) in [6.45, 7) is 0. The third-order valence-corrected chi connectivity index (χ3v) is 1.22. The molecule has 0 radical (unpaired) electrons. The molecule has 0 saturated heterocycles. The number of aromatic nitrogens is 3. The molecule has 80 valence electrons. The van der Waals surface area contributed by atoms with Crippen molar-refractivity contribution in [3.63, 3.8) is 0 Å². The highest BCUT2D eigenvalue weighted by atomic mass is 16.7. The van der Waals surface area contributed by atoms with Crippen LogP contribution in [0.1, 0.15) is 0 Å². The Morgan fingerprint density at radius 2 is 1.93 bits per heavy atom. The average molecular weight is 217 g/mol. The van der Waals surface area contributed by atoms with E-state index in [1.807, 2.05) is 0 Å². The third-order valence-electron chi connectivity index (χ3n) is 1.22. The predicted octanol–water partition coefficient (Wildman–Crippen LogP) is -0.491. The Kier molecular flexibility index (Phi) is 2.50. The van der Waals surface area contributed by atoms with Crippen molar-refractivity contribution in [3.8, 4) is 0 Å². The normalized spacial score (nSPS) is 11.4. The Labute approximate surface area is 80.3 Å². The van der Waals surface area contributed by atoms with Gasteiger partial charge in [0.1, 0.15) is 17.4 Å². The monoisotopic (exact) mass is 217 g/mol. The topological polar surface area (TPSA) is 155 Å². The minimum atomic E-state index is -1.26. The van der Waals surface area contributed by atoms with Crippen LogP contribution in [-0.2, 0) is 7.05 Å². The van der Waals surface area contributed by atoms with Crippen LogP contribution in [-0.4, -0.2) is 29.6 Å². The standard InChI is InChI=1S/C3H3N7O5/c1-7-3(8(11)6-10(14)15)4-2(5-7)9(12)13/h1H3. The first-order valence-corrected chi connectivity index (χ1v) is 3.30. The Balaban J connectivity index is 3.15. The molecule has 1 heterocycles. The van der Waals surface area contributed by atoms with Gasteiger partial charge in [-0.15, -0.1) is 0 Å². The average Bonchev–Trinajstić information content (AvgIpc) is 2.46. The van der Waals surface area contributed by atoms with Gasteiger partial charge in [-0.1, -0.05) is 0 Å². The molecular weight excluding hydrogens is 214 g/mol. The Hall–Kier alpha value is -2.66. The maximum atomic E-state index is 10.9. The number of rotatable bonds is 3. The second-order valence-electron chi connectivity index (χ2n) is 2.19. The second-order valence-corrected chi connectivity index (χ2v) is 2.19. The highest BCUT2D eigenvalue weighted by Crippen LogP contribution is 2.11. The number of nitro groups is 2. The number of hydrogen-bond acceptors (Lipinski definition) is 7. The van der Waals surface area contributed by atoms with Gasteiger partial charge in [0.25, 0.3) is 0 Å². The molecule has 0 aliphatic heterocycles. The van der Waals surface area contributed by atoms with E-state index in [9.17, 15) is 25.4 Å². The van der Waals surface area contributed by atoms with Crippen molar-refractivity contribution in [2.24, 2.45) is 12.3 Å². The van der Waals surface area contributed by atoms with Crippen molar-refractivity contribution < 1.29 is 14.8 Å². The second kappa shape index (κ2) is 3.60. The first-order chi connectivity index (χ1) is 6.91. The minimum absolute atomic E-state index is 0.472. The largest absolute Gasteiger partial charge is 0.685 e. The summed E-state index contributed by atoms with van der Waals surface area (Å²) in [6, 6.07) is 0. The fourth-order valence-electron chi connectivity index (χ4n) is 0.713. The van der Waals surface area contributed by atoms with Crippen LogP contribution in [0.4, 0.5) is 11.9 Å². The van der Waals surface area contributed by atoms with Crippen LogP contribution >= 0.6 is 0 Å². The van der Waals surface area contributed by atoms with Crippen molar-refractivity contribution in [1.82, 2.24) is 14.8 Å². The Morgan fingerprint density at radius 3 is 2.33 bits per heavy atom. The van der Waals surface area contributed by atoms with Gasteiger partial charge >= 0.3 is 11.9 Å². The smallest absolute Gasteiger partial charge is 0.558 e. The molecule has 0 saturated carbocycles. The Bertz CT molecular complexity index is 447. The molecule has 15 heavy (non-hydrogen) atoms. The molecule has 0 atom stereocenters. The summed E-state index contributed by atoms with van der Waals surface area (Å²) in [6.07, 6.45) is 0. The van der Waals surface area contributed by atoms with Gasteiger partial charge < -0.3 is 25.4 Å². The van der Waals surface area contributed by atoms with Gasteiger partial charge in [0.05, 0.1) is 10.0 Å². The summed E-state index contributed by atoms with van der Waals surface area (Å²) in [7, 11) is 1.16. The lowest BCUT2D eigenvalue weighted by Gasteiger charge is -1.93. The van der Waals surface area contributed by atoms with Crippen LogP contribution in [0, 0.1) is 25.4 Å². The lowest BCUT2D eigenvalue weighted by atomic mass is 11.0. The lowest BCUT2D eigenvalue weighted by Crippen LogP contribution is -2.03. The fourth-order valence-corrected chi connectivity index (χ4v) is 0.713. The van der Waals surface area contributed by atoms with E-state index in [2.05, 4.69) is 15.3 Å². The first-order valence-electron chi connectivity index (χ1n) is 3.30. The lowest BCUT2D eigenvalue weighted by molar-refractivity contribution is -0.645. The summed E-state index contributed by atoms with van der Waals surface area (Å²) in [5, 5.41) is 35.2. The van der Waals surface area contributed by atoms with Gasteiger partial charge in [-0.2, -0.15) is 0 Å². The quantitative estimate of drug-likeness (QED) is 0.286. The summed E-state index contributed by atoms with van der Waals surface area (Å²) in [4.78, 5) is 21.8. The maximum absolute atomic E-state index is 10.9. The summed E-state index contributed by atoms with van der Waals surface area (Å²) in [5.74, 6) is -1.50. The molecule has 12 heteroatoms. The molecule has 0 unspecified atom stereocenters. The highest BCUT2D eigenvalue weighted by Gasteiger charge is 2.31. The highest BCUT2D eigenvalue weighted by molar-refractivity contribution is 5.13. The summed E-state index contributed by atoms with van der Waals surface area (Å²) in [5.41, 5.74) is 0. The van der Waals surface area contributed by atoms with Crippen molar-refractivity contribution in [2.75, 3.05) is 0 Å². The SMILES string of the molecule is Cn1nc([N+](=O)[O-])nc1[N+]([O-])=N[N+](=O)[O-]. The zero-order valence-electron chi connectivity index (χ0n) is 7.17. The van der Waals surface area contributed by atoms with Crippen molar-refractivity contribution in [2.45, 2.75) is 0 Å². The molecule has 0 amide bonds. The molecule has 1 rings (SSSR count). The zero-order chi connectivity index (χ0) is 11.6. The van der Waals surface area contributed by atoms with Crippen molar-refractivity contribution in [3.05, 3.63) is 25.4 Å². The molecule has 0 aliphatic carbocycles. The first kappa shape index (κ1) is 10.4. The fraction of sp³-hybridized carbons (Fsp3) is 0.333. The minimum Gasteiger partial charge on any atom is -0.685 e. The molecule has 12 nitrogen and oxygen atoms in total. The van der Waals surface area contributed by atoms with Gasteiger partial charge in [0, 0.05) is 0 Å². The van der Waals surface area contributed by atoms with Crippen LogP contribution in [0.5, 0.6) is 0 Å². The van der Waals surface area contributed by atoms with Crippen LogP contribution < -0.4 is 0 Å². The van der Waals surface area contributed by atoms with Crippen molar-refractivity contribution >= 4 is 11.9 Å². The van der Waals surface area contributed by atoms with E-state index in [0.29, 0.717) is 4.68 Å². The van der Waals surface area contributed by atoms with Gasteiger partial charge in [-0.25, -0.2) is 0 Å². The van der Waals surface area contributed by atoms with Crippen LogP contribution in [0.2, 0.25) is 0 Å². The molecule has 0 fully saturated rings. The number of aryl methyl sites for hydroxylation is 1. The molecule has 0 bridgehead atoms. The summed E-state index contributed by atoms with van der Waals surface area (Å²) < 4.78 is 0.706. The van der Waals surface area contributed by atoms with Gasteiger partial charge in [0.15, 0.2) is 0 Å². The van der Waals surface area contributed by atoms with Crippen molar-refractivity contribution in [1.29, 1.82) is 0 Å². The summed E-state index contributed by atoms with van der Waals surface area (Å²) >= 11 is 0. The van der Waals surface area contributed by atoms with Gasteiger partial charge in [0.2, 0.25) is 0 Å². The van der Waals surface area contributed by atoms with E-state index in [4.69, 9.17) is 0 Å². The molecule has 0 aromatic carbocycles. The molecule has 1 aromatic heterocycles. The Morgan fingerprint density at radius 1 is 1.33 bits per heavy atom. The van der Waals surface area contributed by atoms with Crippen LogP contribution in [0.3, 0.4) is 0 Å². The van der Waals surface area contributed by atoms with E-state index in [-0.39, 0.29) is 0 Å². The van der Waals surface area contributed by atoms with Gasteiger partial charge in [-0.05, 0) is 14.5 Å². The number of nitrogens with zero attached hydrogens (tertiary/aromatic N) is 7. The number of hydrogen-bond donors (Lipinski definition) is 0. The van der Waals surface area contributed by atoms with E-state index in [1.54, 1.807) is 0 Å². The molecule has 0 aliphatic rings. The van der Waals surface area contributed by atoms with Crippen LogP contribution in [0.25, 0.3) is 0 Å². The predicted molar refractivity (Wildman–Crippen MR) is 40.4 cm³/mol. The molecule has 0 spiro atoms. The van der Waals surface area contributed by atoms with Gasteiger partial charge in [-0.3, -0.25) is 0 Å². The molecule has 0 N–H and O–H groups in total. The van der Waals surface area contributed by atoms with Crippen LogP contribution in [0.15, 0.2) is 5.22 Å². The maximum Gasteiger partial charge on any atom is 0.558 e. The van der Waals surface area contributed by atoms with E-state index in [0.717, 1.165) is 7.05 Å². The zero-order valence-corrected chi connectivity index (χ0v) is 7.17. The van der Waals surface area contributed by atoms with E-state index in [1.165, 1.54) is 0 Å². The van der Waals surface area contributed by atoms with E-state index < -0.39 is 26.7 Å². The molecular formula is C3H3N7O5. The van der Waals surface area contributed by atoms with E-state index >= 15 is 0 Å². The molecule has 1 aromatic rings.